The van der Waals surface area contributed by atoms with Gasteiger partial charge in [-0.25, -0.2) is 0 Å². The molecule has 0 aromatic rings. The second kappa shape index (κ2) is 8.21. The van der Waals surface area contributed by atoms with Gasteiger partial charge in [0, 0.05) is 0 Å². The molecule has 21 heavy (non-hydrogen) atoms. The highest BCUT2D eigenvalue weighted by atomic mass is 14.5. The molecular weight excluding hydrogens is 254 g/mol. The fraction of sp³-hybridized carbons (Fsp3) is 0.950. The molecule has 0 aromatic carbocycles. The van der Waals surface area contributed by atoms with Crippen molar-refractivity contribution in [3.8, 4) is 6.07 Å². The molecule has 0 N–H and O–H groups in total. The van der Waals surface area contributed by atoms with Crippen molar-refractivity contribution in [3.05, 3.63) is 0 Å². The summed E-state index contributed by atoms with van der Waals surface area (Å²) < 4.78 is 0. The highest BCUT2D eigenvalue weighted by Crippen LogP contribution is 2.48. The minimum Gasteiger partial charge on any atom is -0.198 e. The van der Waals surface area contributed by atoms with Gasteiger partial charge in [-0.15, -0.1) is 0 Å². The lowest BCUT2D eigenvalue weighted by molar-refractivity contribution is 0.103. The molecule has 2 fully saturated rings. The summed E-state index contributed by atoms with van der Waals surface area (Å²) in [6.45, 7) is 4.57. The molecule has 0 heterocycles. The third kappa shape index (κ3) is 4.48. The number of rotatable bonds is 6. The number of nitrogens with zero attached hydrogens (tertiary/aromatic N) is 1. The van der Waals surface area contributed by atoms with Crippen LogP contribution < -0.4 is 0 Å². The second-order valence-electron chi connectivity index (χ2n) is 7.92. The first-order chi connectivity index (χ1) is 10.2. The minimum absolute atomic E-state index is 0.0409. The molecule has 0 amide bonds. The Balaban J connectivity index is 1.88. The number of unbranched alkanes of at least 4 members (excludes halogenated alkanes) is 1. The molecule has 2 aliphatic carbocycles. The van der Waals surface area contributed by atoms with Gasteiger partial charge in [-0.2, -0.15) is 5.26 Å². The fourth-order valence-corrected chi connectivity index (χ4v) is 5.07. The zero-order valence-electron chi connectivity index (χ0n) is 14.4. The Labute approximate surface area is 132 Å². The Morgan fingerprint density at radius 2 is 1.76 bits per heavy atom. The fourth-order valence-electron chi connectivity index (χ4n) is 5.07. The zero-order chi connectivity index (χ0) is 15.1. The van der Waals surface area contributed by atoms with Crippen molar-refractivity contribution in [3.63, 3.8) is 0 Å². The van der Waals surface area contributed by atoms with Crippen LogP contribution in [0.25, 0.3) is 0 Å². The van der Waals surface area contributed by atoms with E-state index in [1.54, 1.807) is 0 Å². The summed E-state index contributed by atoms with van der Waals surface area (Å²) in [6.07, 6.45) is 17.3. The third-order valence-electron chi connectivity index (χ3n) is 6.38. The standard InChI is InChI=1S/C20H35N/c1-3-5-13-20(16-21)14-6-8-19(15-20)18-11-9-17(7-4-2)10-12-18/h17-19H,3-15H2,1-2H3/t17-,18-,19?,20?. The van der Waals surface area contributed by atoms with Crippen LogP contribution in [0.4, 0.5) is 0 Å². The van der Waals surface area contributed by atoms with Gasteiger partial charge in [-0.3, -0.25) is 0 Å². The molecule has 0 aromatic heterocycles. The van der Waals surface area contributed by atoms with Crippen LogP contribution in [0.3, 0.4) is 0 Å². The molecule has 2 atom stereocenters. The maximum Gasteiger partial charge on any atom is 0.0689 e. The number of hydrogen-bond donors (Lipinski definition) is 0. The van der Waals surface area contributed by atoms with Gasteiger partial charge in [0.2, 0.25) is 0 Å². The van der Waals surface area contributed by atoms with Crippen molar-refractivity contribution in [2.24, 2.45) is 23.2 Å². The molecule has 2 aliphatic rings. The van der Waals surface area contributed by atoms with Crippen molar-refractivity contribution in [1.82, 2.24) is 0 Å². The quantitative estimate of drug-likeness (QED) is 0.548. The summed E-state index contributed by atoms with van der Waals surface area (Å²) in [5.41, 5.74) is 0.0409. The lowest BCUT2D eigenvalue weighted by atomic mass is 9.62. The van der Waals surface area contributed by atoms with Gasteiger partial charge in [-0.05, 0) is 49.9 Å². The monoisotopic (exact) mass is 289 g/mol. The molecule has 0 saturated heterocycles. The van der Waals surface area contributed by atoms with Gasteiger partial charge in [0.05, 0.1) is 11.5 Å². The molecule has 1 heteroatoms. The molecule has 2 saturated carbocycles. The van der Waals surface area contributed by atoms with Crippen molar-refractivity contribution in [2.75, 3.05) is 0 Å². The average molecular weight is 290 g/mol. The van der Waals surface area contributed by atoms with Gasteiger partial charge < -0.3 is 0 Å². The highest BCUT2D eigenvalue weighted by molar-refractivity contribution is 5.03. The lowest BCUT2D eigenvalue weighted by Gasteiger charge is -2.42. The van der Waals surface area contributed by atoms with E-state index in [1.165, 1.54) is 77.0 Å². The molecule has 120 valence electrons. The van der Waals surface area contributed by atoms with E-state index in [9.17, 15) is 5.26 Å². The summed E-state index contributed by atoms with van der Waals surface area (Å²) in [6, 6.07) is 2.75. The Kier molecular flexibility index (Phi) is 6.59. The van der Waals surface area contributed by atoms with Crippen molar-refractivity contribution < 1.29 is 0 Å². The summed E-state index contributed by atoms with van der Waals surface area (Å²) in [4.78, 5) is 0. The van der Waals surface area contributed by atoms with Crippen molar-refractivity contribution >= 4 is 0 Å². The summed E-state index contributed by atoms with van der Waals surface area (Å²) in [7, 11) is 0. The third-order valence-corrected chi connectivity index (χ3v) is 6.38. The minimum atomic E-state index is 0.0409. The van der Waals surface area contributed by atoms with Crippen LogP contribution in [-0.2, 0) is 0 Å². The zero-order valence-corrected chi connectivity index (χ0v) is 14.4. The molecule has 0 bridgehead atoms. The van der Waals surface area contributed by atoms with E-state index in [1.807, 2.05) is 0 Å². The molecular formula is C20H35N. The predicted molar refractivity (Wildman–Crippen MR) is 89.9 cm³/mol. The highest BCUT2D eigenvalue weighted by Gasteiger charge is 2.39. The van der Waals surface area contributed by atoms with E-state index in [-0.39, 0.29) is 5.41 Å². The van der Waals surface area contributed by atoms with Crippen LogP contribution in [0.1, 0.15) is 97.3 Å². The summed E-state index contributed by atoms with van der Waals surface area (Å²) in [5, 5.41) is 9.75. The summed E-state index contributed by atoms with van der Waals surface area (Å²) >= 11 is 0. The van der Waals surface area contributed by atoms with Gasteiger partial charge in [0.1, 0.15) is 0 Å². The average Bonchev–Trinajstić information content (AvgIpc) is 2.54. The Morgan fingerprint density at radius 3 is 2.38 bits per heavy atom. The van der Waals surface area contributed by atoms with Gasteiger partial charge in [0.15, 0.2) is 0 Å². The molecule has 0 spiro atoms. The Morgan fingerprint density at radius 1 is 1.00 bits per heavy atom. The van der Waals surface area contributed by atoms with Crippen LogP contribution in [0, 0.1) is 34.5 Å². The second-order valence-corrected chi connectivity index (χ2v) is 7.92. The van der Waals surface area contributed by atoms with E-state index in [4.69, 9.17) is 0 Å². The largest absolute Gasteiger partial charge is 0.198 e. The molecule has 1 nitrogen and oxygen atoms in total. The van der Waals surface area contributed by atoms with Crippen molar-refractivity contribution in [2.45, 2.75) is 97.3 Å². The van der Waals surface area contributed by atoms with Crippen LogP contribution in [0.5, 0.6) is 0 Å². The Hall–Kier alpha value is -0.510. The first kappa shape index (κ1) is 16.9. The van der Waals surface area contributed by atoms with Crippen LogP contribution in [0.2, 0.25) is 0 Å². The first-order valence-corrected chi connectivity index (χ1v) is 9.64. The first-order valence-electron chi connectivity index (χ1n) is 9.64. The maximum absolute atomic E-state index is 9.75. The smallest absolute Gasteiger partial charge is 0.0689 e. The van der Waals surface area contributed by atoms with E-state index in [2.05, 4.69) is 19.9 Å². The van der Waals surface area contributed by atoms with Gasteiger partial charge in [-0.1, -0.05) is 65.2 Å². The number of nitriles is 1. The van der Waals surface area contributed by atoms with Crippen LogP contribution in [-0.4, -0.2) is 0 Å². The van der Waals surface area contributed by atoms with E-state index in [0.717, 1.165) is 24.2 Å². The van der Waals surface area contributed by atoms with E-state index < -0.39 is 0 Å². The topological polar surface area (TPSA) is 23.8 Å². The molecule has 0 aliphatic heterocycles. The lowest BCUT2D eigenvalue weighted by Crippen LogP contribution is -2.32. The Bertz CT molecular complexity index is 334. The van der Waals surface area contributed by atoms with Crippen LogP contribution >= 0.6 is 0 Å². The van der Waals surface area contributed by atoms with Crippen molar-refractivity contribution in [1.29, 1.82) is 5.26 Å². The molecule has 2 unspecified atom stereocenters. The van der Waals surface area contributed by atoms with E-state index in [0.29, 0.717) is 0 Å². The van der Waals surface area contributed by atoms with Gasteiger partial charge >= 0.3 is 0 Å². The maximum atomic E-state index is 9.75. The molecule has 0 radical (unpaired) electrons. The number of hydrogen-bond acceptors (Lipinski definition) is 1. The molecule has 2 rings (SSSR count). The SMILES string of the molecule is CCCCC1(C#N)CCCC([C@H]2CC[C@H](CCC)CC2)C1. The predicted octanol–water partition coefficient (Wildman–Crippen LogP) is 6.48. The van der Waals surface area contributed by atoms with E-state index >= 15 is 0 Å². The van der Waals surface area contributed by atoms with Crippen LogP contribution in [0.15, 0.2) is 0 Å². The summed E-state index contributed by atoms with van der Waals surface area (Å²) in [5.74, 6) is 2.81. The van der Waals surface area contributed by atoms with Gasteiger partial charge in [0.25, 0.3) is 0 Å². The normalized spacial score (nSPS) is 37.1.